The summed E-state index contributed by atoms with van der Waals surface area (Å²) in [4.78, 5) is 24.7. The van der Waals surface area contributed by atoms with Crippen molar-refractivity contribution in [2.45, 2.75) is 64.6 Å². The number of aromatic nitrogens is 3. The summed E-state index contributed by atoms with van der Waals surface area (Å²) in [6.45, 7) is 5.48. The third kappa shape index (κ3) is 11.0. The predicted molar refractivity (Wildman–Crippen MR) is 181 cm³/mol. The first-order valence-electron chi connectivity index (χ1n) is 16.1. The highest BCUT2D eigenvalue weighted by molar-refractivity contribution is 5.71. The Morgan fingerprint density at radius 3 is 1.65 bits per heavy atom. The number of hydrogen-bond acceptors (Lipinski definition) is 11. The number of phenolic OH excluding ortho intramolecular Hbond substituents is 2. The van der Waals surface area contributed by atoms with E-state index in [9.17, 15) is 25.2 Å². The molecule has 0 saturated heterocycles. The summed E-state index contributed by atoms with van der Waals surface area (Å²) in [7, 11) is 0. The van der Waals surface area contributed by atoms with E-state index in [0.717, 1.165) is 18.4 Å². The lowest BCUT2D eigenvalue weighted by molar-refractivity contribution is -0.136. The molecule has 0 saturated carbocycles. The summed E-state index contributed by atoms with van der Waals surface area (Å²) < 4.78 is 10.9. The lowest BCUT2D eigenvalue weighted by Gasteiger charge is -2.14. The minimum atomic E-state index is -0.871. The molecule has 0 bridgehead atoms. The number of aliphatic hydroxyl groups is 2. The number of nitrogens with zero attached hydrogens (tertiary/aromatic N) is 3. The number of ether oxygens (including phenoxy) is 2. The van der Waals surface area contributed by atoms with Crippen LogP contribution in [0.1, 0.15) is 49.8 Å². The van der Waals surface area contributed by atoms with E-state index in [0.29, 0.717) is 47.6 Å². The number of nitrogens with one attached hydrogen (secondary N) is 1. The highest BCUT2D eigenvalue weighted by Crippen LogP contribution is 2.33. The SMILES string of the molecule is CCCOCC(O)Cc1ccc(-c2nc(Nc3ccc(CCC(=O)O)cc3)nc(-c3ccc(CC(O)COCCC)cc3O)n2)c(O)c1. The average molecular weight is 661 g/mol. The van der Waals surface area contributed by atoms with Gasteiger partial charge in [0.2, 0.25) is 5.95 Å². The van der Waals surface area contributed by atoms with Crippen LogP contribution in [0.25, 0.3) is 22.8 Å². The third-order valence-corrected chi connectivity index (χ3v) is 7.34. The Kier molecular flexibility index (Phi) is 13.6. The van der Waals surface area contributed by atoms with Crippen molar-refractivity contribution in [3.8, 4) is 34.3 Å². The van der Waals surface area contributed by atoms with E-state index in [1.807, 2.05) is 26.0 Å². The fraction of sp³-hybridized carbons (Fsp3) is 0.389. The molecule has 1 heterocycles. The van der Waals surface area contributed by atoms with Gasteiger partial charge in [0, 0.05) is 38.2 Å². The van der Waals surface area contributed by atoms with Crippen LogP contribution in [0.3, 0.4) is 0 Å². The monoisotopic (exact) mass is 660 g/mol. The average Bonchev–Trinajstić information content (AvgIpc) is 3.04. The highest BCUT2D eigenvalue weighted by Gasteiger charge is 2.18. The van der Waals surface area contributed by atoms with Gasteiger partial charge in [-0.3, -0.25) is 4.79 Å². The number of aryl methyl sites for hydroxylation is 1. The summed E-state index contributed by atoms with van der Waals surface area (Å²) in [6, 6.07) is 17.1. The normalized spacial score (nSPS) is 12.5. The molecular weight excluding hydrogens is 616 g/mol. The second-order valence-electron chi connectivity index (χ2n) is 11.6. The van der Waals surface area contributed by atoms with Gasteiger partial charge in [-0.25, -0.2) is 4.98 Å². The largest absolute Gasteiger partial charge is 0.507 e. The molecule has 2 unspecified atom stereocenters. The molecule has 0 radical (unpaired) electrons. The van der Waals surface area contributed by atoms with Crippen molar-refractivity contribution in [1.82, 2.24) is 15.0 Å². The van der Waals surface area contributed by atoms with Gasteiger partial charge in [-0.15, -0.1) is 0 Å². The maximum absolute atomic E-state index is 11.0. The minimum Gasteiger partial charge on any atom is -0.507 e. The molecular formula is C36H44N4O8. The Balaban J connectivity index is 1.63. The Bertz CT molecular complexity index is 1550. The molecule has 256 valence electrons. The van der Waals surface area contributed by atoms with Crippen molar-refractivity contribution in [2.24, 2.45) is 0 Å². The molecule has 4 aromatic rings. The zero-order valence-corrected chi connectivity index (χ0v) is 27.3. The number of carboxylic acid groups (broad SMARTS) is 1. The van der Waals surface area contributed by atoms with E-state index in [2.05, 4.69) is 20.3 Å². The van der Waals surface area contributed by atoms with Crippen molar-refractivity contribution < 1.29 is 39.8 Å². The van der Waals surface area contributed by atoms with Crippen molar-refractivity contribution in [1.29, 1.82) is 0 Å². The molecule has 12 heteroatoms. The van der Waals surface area contributed by atoms with Crippen molar-refractivity contribution in [3.05, 3.63) is 77.4 Å². The molecule has 48 heavy (non-hydrogen) atoms. The first kappa shape index (κ1) is 36.2. The minimum absolute atomic E-state index is 0.0225. The molecule has 12 nitrogen and oxygen atoms in total. The number of aromatic hydroxyl groups is 2. The van der Waals surface area contributed by atoms with Crippen molar-refractivity contribution >= 4 is 17.6 Å². The van der Waals surface area contributed by atoms with Crippen LogP contribution in [-0.2, 0) is 33.5 Å². The van der Waals surface area contributed by atoms with Crippen molar-refractivity contribution in [2.75, 3.05) is 31.7 Å². The number of carbonyl (C=O) groups is 1. The zero-order chi connectivity index (χ0) is 34.5. The fourth-order valence-corrected chi connectivity index (χ4v) is 4.98. The van der Waals surface area contributed by atoms with Gasteiger partial charge in [0.1, 0.15) is 11.5 Å². The summed E-state index contributed by atoms with van der Waals surface area (Å²) in [5, 5.41) is 54.9. The number of benzene rings is 3. The van der Waals surface area contributed by atoms with Crippen LogP contribution in [0.4, 0.5) is 11.6 Å². The van der Waals surface area contributed by atoms with Gasteiger partial charge in [-0.1, -0.05) is 38.1 Å². The Morgan fingerprint density at radius 2 is 1.21 bits per heavy atom. The Labute approximate surface area is 280 Å². The molecule has 2 atom stereocenters. The molecule has 6 N–H and O–H groups in total. The van der Waals surface area contributed by atoms with Crippen LogP contribution in [0.5, 0.6) is 11.5 Å². The lowest BCUT2D eigenvalue weighted by atomic mass is 10.0. The molecule has 0 aliphatic carbocycles. The van der Waals surface area contributed by atoms with Crippen LogP contribution in [0.15, 0.2) is 60.7 Å². The Hall–Kier alpha value is -4.62. The zero-order valence-electron chi connectivity index (χ0n) is 27.3. The summed E-state index contributed by atoms with van der Waals surface area (Å²) in [5.41, 5.74) is 3.54. The smallest absolute Gasteiger partial charge is 0.303 e. The standard InChI is InChI=1S/C36H44N4O8/c1-3-15-47-21-27(41)17-24-7-12-29(31(43)19-24)34-38-35(30-13-8-25(20-32(30)44)18-28(42)22-48-16-4-2)40-36(39-34)37-26-10-5-23(6-11-26)9-14-33(45)46/h5-8,10-13,19-20,27-28,41-44H,3-4,9,14-18,21-22H2,1-2H3,(H,45,46)(H,37,38,39,40). The second kappa shape index (κ2) is 18.1. The van der Waals surface area contributed by atoms with E-state index in [1.165, 1.54) is 0 Å². The molecule has 0 fully saturated rings. The molecule has 0 aliphatic heterocycles. The molecule has 4 rings (SSSR count). The first-order valence-corrected chi connectivity index (χ1v) is 16.1. The van der Waals surface area contributed by atoms with Crippen LogP contribution in [0.2, 0.25) is 0 Å². The maximum Gasteiger partial charge on any atom is 0.303 e. The second-order valence-corrected chi connectivity index (χ2v) is 11.6. The number of anilines is 2. The lowest BCUT2D eigenvalue weighted by Crippen LogP contribution is -2.18. The number of hydrogen-bond donors (Lipinski definition) is 6. The number of aliphatic carboxylic acids is 1. The number of phenols is 2. The maximum atomic E-state index is 11.0. The van der Waals surface area contributed by atoms with Crippen LogP contribution in [-0.4, -0.2) is 85.1 Å². The van der Waals surface area contributed by atoms with Gasteiger partial charge in [0.15, 0.2) is 11.6 Å². The van der Waals surface area contributed by atoms with Gasteiger partial charge < -0.3 is 40.3 Å². The van der Waals surface area contributed by atoms with Gasteiger partial charge >= 0.3 is 5.97 Å². The van der Waals surface area contributed by atoms with Crippen LogP contribution < -0.4 is 5.32 Å². The van der Waals surface area contributed by atoms with Crippen LogP contribution >= 0.6 is 0 Å². The molecule has 3 aromatic carbocycles. The summed E-state index contributed by atoms with van der Waals surface area (Å²) in [6.07, 6.45) is 1.24. The molecule has 0 amide bonds. The van der Waals surface area contributed by atoms with Crippen LogP contribution in [0, 0.1) is 0 Å². The van der Waals surface area contributed by atoms with E-state index in [4.69, 9.17) is 14.6 Å². The Morgan fingerprint density at radius 1 is 0.729 bits per heavy atom. The van der Waals surface area contributed by atoms with Gasteiger partial charge in [0.05, 0.1) is 36.5 Å². The van der Waals surface area contributed by atoms with E-state index in [-0.39, 0.29) is 61.6 Å². The molecule has 0 spiro atoms. The topological polar surface area (TPSA) is 187 Å². The van der Waals surface area contributed by atoms with Gasteiger partial charge in [-0.2, -0.15) is 9.97 Å². The summed E-state index contributed by atoms with van der Waals surface area (Å²) in [5.74, 6) is -0.638. The predicted octanol–water partition coefficient (Wildman–Crippen LogP) is 5.04. The highest BCUT2D eigenvalue weighted by atomic mass is 16.5. The van der Waals surface area contributed by atoms with E-state index >= 15 is 0 Å². The molecule has 0 aliphatic rings. The first-order chi connectivity index (χ1) is 23.1. The van der Waals surface area contributed by atoms with E-state index < -0.39 is 18.2 Å². The van der Waals surface area contributed by atoms with E-state index in [1.54, 1.807) is 48.5 Å². The fourth-order valence-electron chi connectivity index (χ4n) is 4.98. The quantitative estimate of drug-likeness (QED) is 0.0737. The third-order valence-electron chi connectivity index (χ3n) is 7.34. The van der Waals surface area contributed by atoms with Crippen molar-refractivity contribution in [3.63, 3.8) is 0 Å². The van der Waals surface area contributed by atoms with Gasteiger partial charge in [0.25, 0.3) is 0 Å². The molecule has 1 aromatic heterocycles. The number of rotatable bonds is 19. The van der Waals surface area contributed by atoms with Gasteiger partial charge in [-0.05, 0) is 72.4 Å². The number of carboxylic acids is 1. The summed E-state index contributed by atoms with van der Waals surface area (Å²) >= 11 is 0. The number of aliphatic hydroxyl groups excluding tert-OH is 2.